The number of imidazole rings is 1. The van der Waals surface area contributed by atoms with Gasteiger partial charge >= 0.3 is 0 Å². The number of nitrogens with two attached hydrogens (primary N) is 1. The Bertz CT molecular complexity index is 229. The highest BCUT2D eigenvalue weighted by Gasteiger charge is 1.96. The average molecular weight is 161 g/mol. The molecule has 56 valence electrons. The molecule has 0 aliphatic rings. The van der Waals surface area contributed by atoms with Gasteiger partial charge < -0.3 is 10.3 Å². The molecule has 0 atom stereocenters. The standard InChI is InChI=1S/C5H8N4.ClH/c1-9-2-4(5(6)7)8-3-9;/h2-3H,1H3,(H3,6,7);1H. The van der Waals surface area contributed by atoms with Crippen LogP contribution in [0.15, 0.2) is 12.5 Å². The molecule has 0 bridgehead atoms. The molecule has 1 heterocycles. The molecule has 0 aliphatic heterocycles. The fourth-order valence-electron chi connectivity index (χ4n) is 0.552. The molecule has 0 saturated heterocycles. The van der Waals surface area contributed by atoms with Crippen LogP contribution in [-0.4, -0.2) is 15.4 Å². The molecule has 0 aliphatic carbocycles. The summed E-state index contributed by atoms with van der Waals surface area (Å²) in [4.78, 5) is 3.83. The summed E-state index contributed by atoms with van der Waals surface area (Å²) in [6, 6.07) is 0. The summed E-state index contributed by atoms with van der Waals surface area (Å²) in [5.41, 5.74) is 5.66. The highest BCUT2D eigenvalue weighted by atomic mass is 35.5. The maximum absolute atomic E-state index is 6.95. The zero-order valence-electron chi connectivity index (χ0n) is 5.53. The number of hydrogen-bond acceptors (Lipinski definition) is 2. The number of rotatable bonds is 1. The molecule has 4 nitrogen and oxygen atoms in total. The Morgan fingerprint density at radius 1 is 1.80 bits per heavy atom. The summed E-state index contributed by atoms with van der Waals surface area (Å²) >= 11 is 0. The van der Waals surface area contributed by atoms with Crippen molar-refractivity contribution in [3.8, 4) is 0 Å². The minimum atomic E-state index is 0. The molecule has 0 unspecified atom stereocenters. The van der Waals surface area contributed by atoms with E-state index >= 15 is 0 Å². The maximum atomic E-state index is 6.95. The van der Waals surface area contributed by atoms with Crippen LogP contribution in [0, 0.1) is 5.41 Å². The molecule has 0 amide bonds. The van der Waals surface area contributed by atoms with Crippen LogP contribution >= 0.6 is 12.4 Å². The fourth-order valence-corrected chi connectivity index (χ4v) is 0.552. The molecular weight excluding hydrogens is 152 g/mol. The topological polar surface area (TPSA) is 67.7 Å². The van der Waals surface area contributed by atoms with Crippen LogP contribution in [0.4, 0.5) is 0 Å². The lowest BCUT2D eigenvalue weighted by atomic mass is 10.4. The third-order valence-electron chi connectivity index (χ3n) is 0.981. The molecule has 0 fully saturated rings. The molecule has 1 aromatic heterocycles. The predicted octanol–water partition coefficient (Wildman–Crippen LogP) is 0.126. The van der Waals surface area contributed by atoms with E-state index in [1.807, 2.05) is 7.05 Å². The number of nitrogen functional groups attached to an aromatic ring is 1. The summed E-state index contributed by atoms with van der Waals surface area (Å²) in [5, 5.41) is 6.95. The van der Waals surface area contributed by atoms with E-state index in [1.54, 1.807) is 17.1 Å². The van der Waals surface area contributed by atoms with E-state index in [2.05, 4.69) is 4.98 Å². The maximum Gasteiger partial charge on any atom is 0.143 e. The van der Waals surface area contributed by atoms with E-state index in [1.165, 1.54) is 0 Å². The summed E-state index contributed by atoms with van der Waals surface area (Å²) in [6.45, 7) is 0. The van der Waals surface area contributed by atoms with E-state index in [0.29, 0.717) is 5.69 Å². The SMILES string of the molecule is Cl.Cn1cnc(C(=N)N)c1. The first-order valence-corrected chi connectivity index (χ1v) is 2.52. The molecule has 0 radical (unpaired) electrons. The van der Waals surface area contributed by atoms with Crippen molar-refractivity contribution in [1.29, 1.82) is 5.41 Å². The summed E-state index contributed by atoms with van der Waals surface area (Å²) < 4.78 is 1.75. The van der Waals surface area contributed by atoms with Crippen LogP contribution in [0.5, 0.6) is 0 Å². The van der Waals surface area contributed by atoms with Crippen molar-refractivity contribution in [1.82, 2.24) is 9.55 Å². The minimum absolute atomic E-state index is 0. The number of amidine groups is 1. The van der Waals surface area contributed by atoms with E-state index in [9.17, 15) is 0 Å². The van der Waals surface area contributed by atoms with E-state index in [4.69, 9.17) is 11.1 Å². The lowest BCUT2D eigenvalue weighted by molar-refractivity contribution is 0.913. The first-order valence-electron chi connectivity index (χ1n) is 2.52. The van der Waals surface area contributed by atoms with Gasteiger partial charge in [0.25, 0.3) is 0 Å². The lowest BCUT2D eigenvalue weighted by Crippen LogP contribution is -2.11. The zero-order valence-corrected chi connectivity index (χ0v) is 6.35. The van der Waals surface area contributed by atoms with Gasteiger partial charge in [0, 0.05) is 13.2 Å². The van der Waals surface area contributed by atoms with Gasteiger partial charge in [-0.15, -0.1) is 12.4 Å². The highest BCUT2D eigenvalue weighted by molar-refractivity contribution is 5.92. The van der Waals surface area contributed by atoms with Crippen LogP contribution in [0.25, 0.3) is 0 Å². The molecule has 0 aromatic carbocycles. The molecule has 3 N–H and O–H groups in total. The molecule has 5 heteroatoms. The second-order valence-electron chi connectivity index (χ2n) is 1.84. The molecule has 0 saturated carbocycles. The minimum Gasteiger partial charge on any atom is -0.382 e. The van der Waals surface area contributed by atoms with Crippen molar-refractivity contribution in [2.24, 2.45) is 12.8 Å². The van der Waals surface area contributed by atoms with E-state index in [-0.39, 0.29) is 18.2 Å². The number of hydrogen-bond donors (Lipinski definition) is 2. The molecule has 1 aromatic rings. The first kappa shape index (κ1) is 8.97. The third-order valence-corrected chi connectivity index (χ3v) is 0.981. The molecular formula is C5H9ClN4. The Kier molecular flexibility index (Phi) is 2.89. The van der Waals surface area contributed by atoms with E-state index < -0.39 is 0 Å². The second-order valence-corrected chi connectivity index (χ2v) is 1.84. The van der Waals surface area contributed by atoms with Gasteiger partial charge in [-0.3, -0.25) is 5.41 Å². The zero-order chi connectivity index (χ0) is 6.85. The number of aryl methyl sites for hydroxylation is 1. The number of nitrogens with zero attached hydrogens (tertiary/aromatic N) is 2. The summed E-state index contributed by atoms with van der Waals surface area (Å²) in [6.07, 6.45) is 3.30. The van der Waals surface area contributed by atoms with Gasteiger partial charge in [-0.1, -0.05) is 0 Å². The van der Waals surface area contributed by atoms with Crippen molar-refractivity contribution in [3.05, 3.63) is 18.2 Å². The number of aromatic nitrogens is 2. The summed E-state index contributed by atoms with van der Waals surface area (Å²) in [5.74, 6) is 0.00981. The number of halogens is 1. The number of nitrogens with one attached hydrogen (secondary N) is 1. The van der Waals surface area contributed by atoms with Crippen LogP contribution in [-0.2, 0) is 7.05 Å². The Labute approximate surface area is 65.0 Å². The largest absolute Gasteiger partial charge is 0.382 e. The normalized spacial score (nSPS) is 8.50. The lowest BCUT2D eigenvalue weighted by Gasteiger charge is -1.85. The predicted molar refractivity (Wildman–Crippen MR) is 41.5 cm³/mol. The Morgan fingerprint density at radius 2 is 2.40 bits per heavy atom. The monoisotopic (exact) mass is 160 g/mol. The van der Waals surface area contributed by atoms with Crippen molar-refractivity contribution in [3.63, 3.8) is 0 Å². The van der Waals surface area contributed by atoms with Crippen LogP contribution in [0.3, 0.4) is 0 Å². The van der Waals surface area contributed by atoms with Gasteiger partial charge in [0.05, 0.1) is 6.33 Å². The Balaban J connectivity index is 0.000000810. The van der Waals surface area contributed by atoms with Gasteiger partial charge in [0.15, 0.2) is 0 Å². The van der Waals surface area contributed by atoms with Crippen LogP contribution < -0.4 is 5.73 Å². The van der Waals surface area contributed by atoms with Crippen molar-refractivity contribution in [2.75, 3.05) is 0 Å². The highest BCUT2D eigenvalue weighted by Crippen LogP contribution is 1.89. The van der Waals surface area contributed by atoms with E-state index in [0.717, 1.165) is 0 Å². The third kappa shape index (κ3) is 1.73. The molecule has 10 heavy (non-hydrogen) atoms. The summed E-state index contributed by atoms with van der Waals surface area (Å²) in [7, 11) is 1.83. The van der Waals surface area contributed by atoms with Gasteiger partial charge in [0.2, 0.25) is 0 Å². The smallest absolute Gasteiger partial charge is 0.143 e. The van der Waals surface area contributed by atoms with Crippen LogP contribution in [0.1, 0.15) is 5.69 Å². The van der Waals surface area contributed by atoms with Crippen molar-refractivity contribution < 1.29 is 0 Å². The van der Waals surface area contributed by atoms with Crippen molar-refractivity contribution in [2.45, 2.75) is 0 Å². The van der Waals surface area contributed by atoms with Gasteiger partial charge in [-0.05, 0) is 0 Å². The fraction of sp³-hybridized carbons (Fsp3) is 0.200. The Morgan fingerprint density at radius 3 is 2.60 bits per heavy atom. The quantitative estimate of drug-likeness (QED) is 0.453. The van der Waals surface area contributed by atoms with Crippen molar-refractivity contribution >= 4 is 18.2 Å². The van der Waals surface area contributed by atoms with Gasteiger partial charge in [-0.25, -0.2) is 4.98 Å². The van der Waals surface area contributed by atoms with Gasteiger partial charge in [-0.2, -0.15) is 0 Å². The second kappa shape index (κ2) is 3.22. The van der Waals surface area contributed by atoms with Crippen LogP contribution in [0.2, 0.25) is 0 Å². The Hall–Kier alpha value is -1.03. The average Bonchev–Trinajstić information content (AvgIpc) is 2.14. The molecule has 1 rings (SSSR count). The molecule has 0 spiro atoms. The first-order chi connectivity index (χ1) is 4.20. The van der Waals surface area contributed by atoms with Gasteiger partial charge in [0.1, 0.15) is 11.5 Å².